The topological polar surface area (TPSA) is 20.2 Å². The lowest BCUT2D eigenvalue weighted by molar-refractivity contribution is 0.287. The molecule has 0 rings (SSSR count). The molecule has 0 bridgehead atoms. The molecule has 0 amide bonds. The Morgan fingerprint density at radius 1 is 1.22 bits per heavy atom. The normalized spacial score (nSPS) is 8.00. The summed E-state index contributed by atoms with van der Waals surface area (Å²) in [6.07, 6.45) is 4.32. The Morgan fingerprint density at radius 3 is 1.67 bits per heavy atom. The van der Waals surface area contributed by atoms with Crippen LogP contribution in [0.1, 0.15) is 39.5 Å². The van der Waals surface area contributed by atoms with E-state index in [0.29, 0.717) is 6.61 Å². The van der Waals surface area contributed by atoms with Gasteiger partial charge in [0.05, 0.1) is 0 Å². The average molecular weight is 131 g/mol. The molecule has 0 heterocycles. The molecular weight excluding hydrogens is 112 g/mol. The molecule has 0 aliphatic heterocycles. The van der Waals surface area contributed by atoms with Crippen LogP contribution in [0, 0.1) is 6.92 Å². The molecule has 0 fully saturated rings. The summed E-state index contributed by atoms with van der Waals surface area (Å²) in [6, 6.07) is 0. The highest BCUT2D eigenvalue weighted by Gasteiger charge is 1.69. The zero-order valence-electron chi connectivity index (χ0n) is 6.69. The first-order chi connectivity index (χ1) is 4.33. The summed E-state index contributed by atoms with van der Waals surface area (Å²) in [5, 5.41) is 8.07. The van der Waals surface area contributed by atoms with Crippen molar-refractivity contribution >= 4 is 0 Å². The lowest BCUT2D eigenvalue weighted by Gasteiger charge is -1.79. The third-order valence-electron chi connectivity index (χ3n) is 0.865. The van der Waals surface area contributed by atoms with Crippen molar-refractivity contribution in [2.75, 3.05) is 6.61 Å². The van der Waals surface area contributed by atoms with Crippen molar-refractivity contribution < 1.29 is 5.11 Å². The van der Waals surface area contributed by atoms with Crippen molar-refractivity contribution in [3.63, 3.8) is 0 Å². The number of aliphatic hydroxyl groups excluding tert-OH is 1. The van der Waals surface area contributed by atoms with E-state index in [1.54, 1.807) is 0 Å². The fourth-order valence-corrected chi connectivity index (χ4v) is 0.158. The molecule has 0 atom stereocenters. The molecule has 1 radical (unpaired) electrons. The van der Waals surface area contributed by atoms with E-state index in [1.165, 1.54) is 6.42 Å². The smallest absolute Gasteiger partial charge is 0.0430 e. The number of hydrogen-bond donors (Lipinski definition) is 1. The number of rotatable bonds is 3. The van der Waals surface area contributed by atoms with Crippen LogP contribution in [0.5, 0.6) is 0 Å². The molecule has 9 heavy (non-hydrogen) atoms. The predicted molar refractivity (Wildman–Crippen MR) is 42.3 cm³/mol. The summed E-state index contributed by atoms with van der Waals surface area (Å²) in [5.74, 6) is 0. The van der Waals surface area contributed by atoms with E-state index in [9.17, 15) is 0 Å². The van der Waals surface area contributed by atoms with E-state index < -0.39 is 0 Å². The van der Waals surface area contributed by atoms with Gasteiger partial charge < -0.3 is 5.11 Å². The second-order valence-electron chi connectivity index (χ2n) is 1.93. The third-order valence-corrected chi connectivity index (χ3v) is 0.865. The number of aliphatic hydroxyl groups is 1. The second kappa shape index (κ2) is 15.7. The predicted octanol–water partition coefficient (Wildman–Crippen LogP) is 2.40. The molecule has 1 nitrogen and oxygen atoms in total. The largest absolute Gasteiger partial charge is 0.396 e. The Balaban J connectivity index is 0. The first-order valence-corrected chi connectivity index (χ1v) is 3.73. The van der Waals surface area contributed by atoms with Crippen LogP contribution in [0.3, 0.4) is 0 Å². The number of hydrogen-bond acceptors (Lipinski definition) is 1. The zero-order chi connectivity index (χ0) is 7.54. The van der Waals surface area contributed by atoms with E-state index >= 15 is 0 Å². The Kier molecular flexibility index (Phi) is 20.4. The monoisotopic (exact) mass is 131 g/mol. The van der Waals surface area contributed by atoms with Crippen molar-refractivity contribution in [1.29, 1.82) is 0 Å². The SMILES string of the molecule is CCCCO.[CH2]CCC. The van der Waals surface area contributed by atoms with Crippen LogP contribution in [-0.2, 0) is 0 Å². The minimum absolute atomic E-state index is 0.344. The van der Waals surface area contributed by atoms with Crippen LogP contribution >= 0.6 is 0 Å². The van der Waals surface area contributed by atoms with E-state index in [0.717, 1.165) is 19.3 Å². The molecule has 0 aromatic carbocycles. The van der Waals surface area contributed by atoms with Gasteiger partial charge in [-0.2, -0.15) is 0 Å². The molecule has 0 aliphatic rings. The highest BCUT2D eigenvalue weighted by atomic mass is 16.2. The summed E-state index contributed by atoms with van der Waals surface area (Å²) in [4.78, 5) is 0. The van der Waals surface area contributed by atoms with Gasteiger partial charge in [-0.3, -0.25) is 0 Å². The molecule has 0 unspecified atom stereocenters. The highest BCUT2D eigenvalue weighted by Crippen LogP contribution is 1.78. The summed E-state index contributed by atoms with van der Waals surface area (Å²) >= 11 is 0. The van der Waals surface area contributed by atoms with Gasteiger partial charge in [-0.25, -0.2) is 0 Å². The zero-order valence-corrected chi connectivity index (χ0v) is 6.69. The van der Waals surface area contributed by atoms with Gasteiger partial charge in [0.15, 0.2) is 0 Å². The van der Waals surface area contributed by atoms with Crippen molar-refractivity contribution in [3.8, 4) is 0 Å². The van der Waals surface area contributed by atoms with E-state index in [1.807, 2.05) is 0 Å². The van der Waals surface area contributed by atoms with Gasteiger partial charge in [-0.1, -0.05) is 40.0 Å². The molecule has 0 saturated carbocycles. The molecule has 0 saturated heterocycles. The maximum absolute atomic E-state index is 8.07. The third kappa shape index (κ3) is 32.3. The minimum Gasteiger partial charge on any atom is -0.396 e. The molecule has 0 aromatic rings. The lowest BCUT2D eigenvalue weighted by Crippen LogP contribution is -1.75. The van der Waals surface area contributed by atoms with Gasteiger partial charge in [-0.05, 0) is 6.42 Å². The minimum atomic E-state index is 0.344. The fraction of sp³-hybridized carbons (Fsp3) is 0.875. The quantitative estimate of drug-likeness (QED) is 0.623. The van der Waals surface area contributed by atoms with Crippen LogP contribution < -0.4 is 0 Å². The first kappa shape index (κ1) is 11.7. The maximum atomic E-state index is 8.07. The van der Waals surface area contributed by atoms with Crippen LogP contribution in [0.15, 0.2) is 0 Å². The molecule has 0 spiro atoms. The molecule has 1 N–H and O–H groups in total. The van der Waals surface area contributed by atoms with Crippen molar-refractivity contribution in [2.45, 2.75) is 39.5 Å². The first-order valence-electron chi connectivity index (χ1n) is 3.73. The van der Waals surface area contributed by atoms with Gasteiger partial charge in [-0.15, -0.1) is 0 Å². The van der Waals surface area contributed by atoms with Crippen molar-refractivity contribution in [3.05, 3.63) is 6.92 Å². The molecule has 57 valence electrons. The molecule has 1 heteroatoms. The summed E-state index contributed by atoms with van der Waals surface area (Å²) in [5.41, 5.74) is 0. The van der Waals surface area contributed by atoms with E-state index in [-0.39, 0.29) is 0 Å². The maximum Gasteiger partial charge on any atom is 0.0430 e. The van der Waals surface area contributed by atoms with Gasteiger partial charge in [0, 0.05) is 6.61 Å². The molecule has 0 aromatic heterocycles. The van der Waals surface area contributed by atoms with Gasteiger partial charge in [0.1, 0.15) is 0 Å². The summed E-state index contributed by atoms with van der Waals surface area (Å²) in [7, 11) is 0. The summed E-state index contributed by atoms with van der Waals surface area (Å²) < 4.78 is 0. The average Bonchev–Trinajstić information content (AvgIpc) is 1.91. The van der Waals surface area contributed by atoms with Crippen molar-refractivity contribution in [1.82, 2.24) is 0 Å². The van der Waals surface area contributed by atoms with Crippen LogP contribution in [0.2, 0.25) is 0 Å². The Bertz CT molecular complexity index is 23.7. The fourth-order valence-electron chi connectivity index (χ4n) is 0.158. The lowest BCUT2D eigenvalue weighted by atomic mass is 10.4. The van der Waals surface area contributed by atoms with Gasteiger partial charge in [0.2, 0.25) is 0 Å². The van der Waals surface area contributed by atoms with Gasteiger partial charge >= 0.3 is 0 Å². The standard InChI is InChI=1S/C4H10O.C4H9/c1-2-3-4-5;1-3-4-2/h5H,2-4H2,1H3;1,3-4H2,2H3. The van der Waals surface area contributed by atoms with Gasteiger partial charge in [0.25, 0.3) is 0 Å². The van der Waals surface area contributed by atoms with Crippen LogP contribution in [0.4, 0.5) is 0 Å². The van der Waals surface area contributed by atoms with E-state index in [2.05, 4.69) is 20.8 Å². The molecule has 0 aliphatic carbocycles. The number of unbranched alkanes of at least 4 members (excludes halogenated alkanes) is 2. The van der Waals surface area contributed by atoms with Crippen LogP contribution in [0.25, 0.3) is 0 Å². The van der Waals surface area contributed by atoms with E-state index in [4.69, 9.17) is 5.11 Å². The van der Waals surface area contributed by atoms with Crippen molar-refractivity contribution in [2.24, 2.45) is 0 Å². The molecular formula is C8H19O. The Morgan fingerprint density at radius 2 is 1.67 bits per heavy atom. The Labute approximate surface area is 59.1 Å². The Hall–Kier alpha value is -0.0400. The highest BCUT2D eigenvalue weighted by molar-refractivity contribution is 4.29. The van der Waals surface area contributed by atoms with Crippen LogP contribution in [-0.4, -0.2) is 11.7 Å². The summed E-state index contributed by atoms with van der Waals surface area (Å²) in [6.45, 7) is 8.12. The second-order valence-corrected chi connectivity index (χ2v) is 1.93.